The van der Waals surface area contributed by atoms with Gasteiger partial charge in [-0.1, -0.05) is 61.5 Å². The van der Waals surface area contributed by atoms with Crippen molar-refractivity contribution in [1.82, 2.24) is 20.1 Å². The lowest BCUT2D eigenvalue weighted by Crippen LogP contribution is -2.31. The number of halogens is 3. The summed E-state index contributed by atoms with van der Waals surface area (Å²) < 4.78 is 42.7. The third-order valence-corrected chi connectivity index (χ3v) is 8.34. The molecule has 0 saturated carbocycles. The summed E-state index contributed by atoms with van der Waals surface area (Å²) in [6.07, 6.45) is -2.32. The SMILES string of the molecule is CCCc1ccc(C)cc1N1CCSC1=NC(O)N/C(C)=C(\C)c1ccc(-c2ncn(-c3ccc(OC(F)(F)F)cc3)n2)cc1. The molecule has 2 heterocycles. The Morgan fingerprint density at radius 1 is 1.09 bits per heavy atom. The van der Waals surface area contributed by atoms with E-state index in [1.54, 1.807) is 11.8 Å². The third kappa shape index (κ3) is 8.06. The average Bonchev–Trinajstić information content (AvgIpc) is 3.68. The number of hydrogen-bond donors (Lipinski definition) is 2. The van der Waals surface area contributed by atoms with Gasteiger partial charge in [0, 0.05) is 29.2 Å². The van der Waals surface area contributed by atoms with E-state index in [9.17, 15) is 18.3 Å². The first-order valence-electron chi connectivity index (χ1n) is 14.6. The minimum atomic E-state index is -4.75. The summed E-state index contributed by atoms with van der Waals surface area (Å²) in [4.78, 5) is 11.2. The normalized spacial score (nSPS) is 15.7. The Bertz CT molecular complexity index is 1680. The molecule has 0 radical (unpaired) electrons. The van der Waals surface area contributed by atoms with Gasteiger partial charge in [0.25, 0.3) is 0 Å². The van der Waals surface area contributed by atoms with Crippen LogP contribution >= 0.6 is 11.8 Å². The topological polar surface area (TPSA) is 87.8 Å². The molecule has 0 bridgehead atoms. The summed E-state index contributed by atoms with van der Waals surface area (Å²) in [5.41, 5.74) is 7.63. The highest BCUT2D eigenvalue weighted by Crippen LogP contribution is 2.31. The molecule has 1 atom stereocenters. The van der Waals surface area contributed by atoms with Crippen LogP contribution in [0, 0.1) is 6.92 Å². The lowest BCUT2D eigenvalue weighted by Gasteiger charge is -2.23. The van der Waals surface area contributed by atoms with Gasteiger partial charge >= 0.3 is 6.36 Å². The van der Waals surface area contributed by atoms with Crippen molar-refractivity contribution in [3.05, 3.63) is 95.4 Å². The second-order valence-corrected chi connectivity index (χ2v) is 11.8. The van der Waals surface area contributed by atoms with Crippen LogP contribution in [0.2, 0.25) is 0 Å². The van der Waals surface area contributed by atoms with Crippen LogP contribution < -0.4 is 15.0 Å². The maximum Gasteiger partial charge on any atom is 0.573 e. The summed E-state index contributed by atoms with van der Waals surface area (Å²) in [6.45, 7) is 8.97. The molecule has 1 aliphatic heterocycles. The van der Waals surface area contributed by atoms with Gasteiger partial charge < -0.3 is 20.1 Å². The van der Waals surface area contributed by atoms with Crippen LogP contribution in [0.25, 0.3) is 22.6 Å². The van der Waals surface area contributed by atoms with Crippen molar-refractivity contribution >= 4 is 28.2 Å². The fourth-order valence-corrected chi connectivity index (χ4v) is 5.96. The van der Waals surface area contributed by atoms with Crippen molar-refractivity contribution in [2.24, 2.45) is 4.99 Å². The quantitative estimate of drug-likeness (QED) is 0.176. The van der Waals surface area contributed by atoms with Gasteiger partial charge in [-0.2, -0.15) is 0 Å². The highest BCUT2D eigenvalue weighted by atomic mass is 32.2. The Morgan fingerprint density at radius 2 is 1.82 bits per heavy atom. The van der Waals surface area contributed by atoms with Gasteiger partial charge in [-0.25, -0.2) is 14.7 Å². The molecule has 1 aromatic heterocycles. The number of ether oxygens (including phenoxy) is 1. The smallest absolute Gasteiger partial charge is 0.406 e. The van der Waals surface area contributed by atoms with Gasteiger partial charge in [0.1, 0.15) is 12.1 Å². The van der Waals surface area contributed by atoms with Crippen LogP contribution in [-0.4, -0.2) is 50.1 Å². The van der Waals surface area contributed by atoms with Gasteiger partial charge in [0.05, 0.1) is 5.69 Å². The average molecular weight is 637 g/mol. The standard InChI is InChI=1S/C33H35F3N6O2S/c1-5-6-25-8-7-21(2)19-29(25)41-17-18-45-32(41)39-31(43)38-23(4)22(3)24-9-11-26(12-10-24)30-37-20-42(40-30)27-13-15-28(16-14-27)44-33(34,35)36/h7-16,19-20,31,38,43H,5-6,17-18H2,1-4H3/b23-22+,39-32?. The number of hydrogen-bond acceptors (Lipinski definition) is 7. The van der Waals surface area contributed by atoms with Crippen molar-refractivity contribution < 1.29 is 23.0 Å². The van der Waals surface area contributed by atoms with E-state index in [-0.39, 0.29) is 5.75 Å². The lowest BCUT2D eigenvalue weighted by molar-refractivity contribution is -0.274. The van der Waals surface area contributed by atoms with E-state index in [0.29, 0.717) is 11.5 Å². The molecule has 1 fully saturated rings. The number of benzene rings is 3. The molecule has 12 heteroatoms. The second-order valence-electron chi connectivity index (χ2n) is 10.7. The molecule has 1 unspecified atom stereocenters. The molecule has 4 aromatic rings. The van der Waals surface area contributed by atoms with E-state index in [2.05, 4.69) is 62.1 Å². The number of aliphatic hydroxyl groups excluding tert-OH is 1. The Labute approximate surface area is 264 Å². The van der Waals surface area contributed by atoms with Gasteiger partial charge in [-0.3, -0.25) is 0 Å². The number of nitrogens with one attached hydrogen (secondary N) is 1. The van der Waals surface area contributed by atoms with Crippen molar-refractivity contribution in [3.8, 4) is 22.8 Å². The number of aromatic nitrogens is 3. The number of amidine groups is 1. The zero-order valence-corrected chi connectivity index (χ0v) is 26.3. The predicted molar refractivity (Wildman–Crippen MR) is 173 cm³/mol. The fraction of sp³-hybridized carbons (Fsp3) is 0.303. The van der Waals surface area contributed by atoms with Gasteiger partial charge in [-0.15, -0.1) is 18.3 Å². The number of thioether (sulfide) groups is 1. The van der Waals surface area contributed by atoms with Crippen molar-refractivity contribution in [2.45, 2.75) is 53.3 Å². The Morgan fingerprint density at radius 3 is 2.51 bits per heavy atom. The summed E-state index contributed by atoms with van der Waals surface area (Å²) in [5, 5.41) is 19.3. The Balaban J connectivity index is 1.25. The molecular formula is C33H35F3N6O2S. The van der Waals surface area contributed by atoms with E-state index >= 15 is 0 Å². The molecule has 0 aliphatic carbocycles. The molecule has 1 saturated heterocycles. The zero-order chi connectivity index (χ0) is 32.1. The summed E-state index contributed by atoms with van der Waals surface area (Å²) >= 11 is 1.64. The molecule has 5 rings (SSSR count). The molecule has 236 valence electrons. The molecule has 45 heavy (non-hydrogen) atoms. The number of allylic oxidation sites excluding steroid dienone is 2. The number of rotatable bonds is 10. The summed E-state index contributed by atoms with van der Waals surface area (Å²) in [7, 11) is 0. The molecule has 3 aromatic carbocycles. The summed E-state index contributed by atoms with van der Waals surface area (Å²) in [6, 6.07) is 19.6. The van der Waals surface area contributed by atoms with E-state index < -0.39 is 12.7 Å². The maximum absolute atomic E-state index is 12.4. The molecule has 8 nitrogen and oxygen atoms in total. The van der Waals surface area contributed by atoms with E-state index in [4.69, 9.17) is 0 Å². The van der Waals surface area contributed by atoms with Gasteiger partial charge in [0.15, 0.2) is 11.0 Å². The zero-order valence-electron chi connectivity index (χ0n) is 25.5. The first kappa shape index (κ1) is 32.1. The first-order valence-corrected chi connectivity index (χ1v) is 15.6. The number of aryl methyl sites for hydroxylation is 2. The predicted octanol–water partition coefficient (Wildman–Crippen LogP) is 7.32. The molecule has 2 N–H and O–H groups in total. The van der Waals surface area contributed by atoms with Crippen LogP contribution in [0.3, 0.4) is 0 Å². The van der Waals surface area contributed by atoms with Crippen LogP contribution in [0.4, 0.5) is 18.9 Å². The lowest BCUT2D eigenvalue weighted by atomic mass is 10.0. The van der Waals surface area contributed by atoms with Crippen LogP contribution in [0.1, 0.15) is 43.9 Å². The Kier molecular flexibility index (Phi) is 9.83. The monoisotopic (exact) mass is 636 g/mol. The Hall–Kier alpha value is -4.29. The number of alkyl halides is 3. The van der Waals surface area contributed by atoms with Crippen molar-refractivity contribution in [1.29, 1.82) is 0 Å². The van der Waals surface area contributed by atoms with E-state index in [1.807, 2.05) is 38.1 Å². The maximum atomic E-state index is 12.4. The summed E-state index contributed by atoms with van der Waals surface area (Å²) in [5.74, 6) is 1.06. The van der Waals surface area contributed by atoms with Crippen molar-refractivity contribution in [3.63, 3.8) is 0 Å². The highest BCUT2D eigenvalue weighted by molar-refractivity contribution is 8.14. The van der Waals surface area contributed by atoms with Crippen molar-refractivity contribution in [2.75, 3.05) is 17.2 Å². The van der Waals surface area contributed by atoms with Gasteiger partial charge in [-0.05, 0) is 79.8 Å². The van der Waals surface area contributed by atoms with Crippen LogP contribution in [0.15, 0.2) is 83.7 Å². The molecule has 0 amide bonds. The number of aliphatic hydroxyl groups is 1. The van der Waals surface area contributed by atoms with Gasteiger partial charge in [0.2, 0.25) is 6.35 Å². The first-order chi connectivity index (χ1) is 21.5. The van der Waals surface area contributed by atoms with E-state index in [0.717, 1.165) is 58.4 Å². The third-order valence-electron chi connectivity index (χ3n) is 7.37. The minimum absolute atomic E-state index is 0.307. The van der Waals surface area contributed by atoms with E-state index in [1.165, 1.54) is 46.4 Å². The van der Waals surface area contributed by atoms with Crippen LogP contribution in [0.5, 0.6) is 5.75 Å². The fourth-order valence-electron chi connectivity index (χ4n) is 4.98. The largest absolute Gasteiger partial charge is 0.573 e. The molecular weight excluding hydrogens is 601 g/mol. The van der Waals surface area contributed by atoms with Crippen LogP contribution in [-0.2, 0) is 6.42 Å². The number of nitrogens with zero attached hydrogens (tertiary/aromatic N) is 5. The second kappa shape index (κ2) is 13.8. The number of anilines is 1. The highest BCUT2D eigenvalue weighted by Gasteiger charge is 2.31. The minimum Gasteiger partial charge on any atom is -0.406 e. The number of aliphatic imine (C=N–C) groups is 1. The molecule has 1 aliphatic rings. The molecule has 0 spiro atoms.